The molecule has 1 aliphatic rings. The van der Waals surface area contributed by atoms with Crippen LogP contribution in [0, 0.1) is 0 Å². The van der Waals surface area contributed by atoms with Crippen LogP contribution in [0.4, 0.5) is 5.69 Å². The largest absolute Gasteiger partial charge is 0.465 e. The van der Waals surface area contributed by atoms with Gasteiger partial charge in [0.05, 0.1) is 19.8 Å². The summed E-state index contributed by atoms with van der Waals surface area (Å²) in [7, 11) is 2.47. The number of methoxy groups -OCH3 is 2. The SMILES string of the molecule is COC(=O)C1=C(C(=O)OC)N(c2ccc3oc(=O)ccc3c2)C=CC=C1. The van der Waals surface area contributed by atoms with E-state index in [0.29, 0.717) is 16.7 Å². The van der Waals surface area contributed by atoms with Crippen molar-refractivity contribution in [1.82, 2.24) is 0 Å². The minimum absolute atomic E-state index is 0.0149. The van der Waals surface area contributed by atoms with Crippen molar-refractivity contribution in [3.05, 3.63) is 76.5 Å². The first kappa shape index (κ1) is 17.2. The van der Waals surface area contributed by atoms with Crippen LogP contribution in [0.5, 0.6) is 0 Å². The van der Waals surface area contributed by atoms with E-state index in [1.165, 1.54) is 31.3 Å². The average Bonchev–Trinajstić information content (AvgIpc) is 2.89. The highest BCUT2D eigenvalue weighted by Gasteiger charge is 2.27. The zero-order valence-electron chi connectivity index (χ0n) is 14.1. The molecule has 26 heavy (non-hydrogen) atoms. The molecule has 0 atom stereocenters. The lowest BCUT2D eigenvalue weighted by molar-refractivity contribution is -0.139. The number of esters is 2. The van der Waals surface area contributed by atoms with Crippen LogP contribution < -0.4 is 10.5 Å². The zero-order valence-corrected chi connectivity index (χ0v) is 14.1. The lowest BCUT2D eigenvalue weighted by Crippen LogP contribution is -2.26. The van der Waals surface area contributed by atoms with Crippen molar-refractivity contribution in [1.29, 1.82) is 0 Å². The highest BCUT2D eigenvalue weighted by Crippen LogP contribution is 2.28. The Kier molecular flexibility index (Phi) is 4.70. The summed E-state index contributed by atoms with van der Waals surface area (Å²) < 4.78 is 14.7. The van der Waals surface area contributed by atoms with Gasteiger partial charge in [0, 0.05) is 23.3 Å². The molecular formula is C19H15NO6. The van der Waals surface area contributed by atoms with Crippen LogP contribution >= 0.6 is 0 Å². The third kappa shape index (κ3) is 3.14. The predicted molar refractivity (Wildman–Crippen MR) is 94.3 cm³/mol. The van der Waals surface area contributed by atoms with E-state index in [-0.39, 0.29) is 11.3 Å². The fourth-order valence-electron chi connectivity index (χ4n) is 2.57. The Bertz CT molecular complexity index is 1030. The Morgan fingerprint density at radius 3 is 2.50 bits per heavy atom. The molecule has 0 unspecified atom stereocenters. The van der Waals surface area contributed by atoms with E-state index in [0.717, 1.165) is 0 Å². The van der Waals surface area contributed by atoms with E-state index in [2.05, 4.69) is 0 Å². The van der Waals surface area contributed by atoms with Crippen molar-refractivity contribution < 1.29 is 23.5 Å². The third-order valence-electron chi connectivity index (χ3n) is 3.77. The van der Waals surface area contributed by atoms with Gasteiger partial charge < -0.3 is 18.8 Å². The highest BCUT2D eigenvalue weighted by molar-refractivity contribution is 6.05. The van der Waals surface area contributed by atoms with Crippen molar-refractivity contribution in [3.63, 3.8) is 0 Å². The van der Waals surface area contributed by atoms with Crippen LogP contribution in [0.15, 0.2) is 75.2 Å². The number of anilines is 1. The lowest BCUT2D eigenvalue weighted by atomic mass is 10.1. The third-order valence-corrected chi connectivity index (χ3v) is 3.77. The van der Waals surface area contributed by atoms with Gasteiger partial charge >= 0.3 is 17.6 Å². The number of allylic oxidation sites excluding steroid dienone is 2. The van der Waals surface area contributed by atoms with E-state index < -0.39 is 17.6 Å². The Hall–Kier alpha value is -3.61. The first-order valence-corrected chi connectivity index (χ1v) is 7.64. The molecule has 0 aliphatic carbocycles. The molecule has 7 heteroatoms. The lowest BCUT2D eigenvalue weighted by Gasteiger charge is -2.23. The van der Waals surface area contributed by atoms with Gasteiger partial charge in [-0.2, -0.15) is 0 Å². The summed E-state index contributed by atoms with van der Waals surface area (Å²) in [4.78, 5) is 37.4. The van der Waals surface area contributed by atoms with Gasteiger partial charge in [0.25, 0.3) is 0 Å². The van der Waals surface area contributed by atoms with Crippen LogP contribution in [-0.2, 0) is 19.1 Å². The number of rotatable bonds is 3. The average molecular weight is 353 g/mol. The van der Waals surface area contributed by atoms with E-state index in [1.54, 1.807) is 42.6 Å². The van der Waals surface area contributed by atoms with Crippen LogP contribution in [0.2, 0.25) is 0 Å². The molecule has 0 saturated carbocycles. The Labute approximate surface area is 148 Å². The monoisotopic (exact) mass is 353 g/mol. The summed E-state index contributed by atoms with van der Waals surface area (Å²) in [6.45, 7) is 0. The van der Waals surface area contributed by atoms with Gasteiger partial charge in [-0.05, 0) is 36.4 Å². The van der Waals surface area contributed by atoms with Crippen molar-refractivity contribution in [2.75, 3.05) is 19.1 Å². The first-order chi connectivity index (χ1) is 12.5. The molecule has 0 fully saturated rings. The molecule has 0 N–H and O–H groups in total. The molecule has 0 spiro atoms. The highest BCUT2D eigenvalue weighted by atomic mass is 16.5. The normalized spacial score (nSPS) is 13.7. The Morgan fingerprint density at radius 1 is 1.00 bits per heavy atom. The van der Waals surface area contributed by atoms with Gasteiger partial charge in [-0.1, -0.05) is 6.08 Å². The molecule has 0 radical (unpaired) electrons. The summed E-state index contributed by atoms with van der Waals surface area (Å²) in [6.07, 6.45) is 6.40. The molecule has 1 aliphatic heterocycles. The molecule has 7 nitrogen and oxygen atoms in total. The smallest absolute Gasteiger partial charge is 0.355 e. The summed E-state index contributed by atoms with van der Waals surface area (Å²) in [5.41, 5.74) is 0.612. The minimum atomic E-state index is -0.693. The maximum absolute atomic E-state index is 12.4. The quantitative estimate of drug-likeness (QED) is 0.618. The minimum Gasteiger partial charge on any atom is -0.465 e. The summed E-state index contributed by atoms with van der Waals surface area (Å²) in [5, 5.41) is 0.663. The van der Waals surface area contributed by atoms with E-state index in [1.807, 2.05) is 0 Å². The predicted octanol–water partition coefficient (Wildman–Crippen LogP) is 2.28. The first-order valence-electron chi connectivity index (χ1n) is 7.64. The molecule has 0 amide bonds. The molecule has 0 saturated heterocycles. The fourth-order valence-corrected chi connectivity index (χ4v) is 2.57. The maximum Gasteiger partial charge on any atom is 0.355 e. The molecule has 3 rings (SSSR count). The Morgan fingerprint density at radius 2 is 1.77 bits per heavy atom. The van der Waals surface area contributed by atoms with E-state index >= 15 is 0 Å². The molecule has 132 valence electrons. The van der Waals surface area contributed by atoms with E-state index in [9.17, 15) is 14.4 Å². The van der Waals surface area contributed by atoms with Crippen LogP contribution in [-0.4, -0.2) is 26.2 Å². The molecule has 1 aromatic carbocycles. The van der Waals surface area contributed by atoms with Crippen LogP contribution in [0.1, 0.15) is 0 Å². The number of nitrogens with zero attached hydrogens (tertiary/aromatic N) is 1. The Balaban J connectivity index is 2.20. The second-order valence-corrected chi connectivity index (χ2v) is 5.29. The van der Waals surface area contributed by atoms with E-state index in [4.69, 9.17) is 13.9 Å². The number of carbonyl (C=O) groups excluding carboxylic acids is 2. The zero-order chi connectivity index (χ0) is 18.7. The van der Waals surface area contributed by atoms with Gasteiger partial charge in [-0.3, -0.25) is 0 Å². The fraction of sp³-hybridized carbons (Fsp3) is 0.105. The van der Waals surface area contributed by atoms with Crippen molar-refractivity contribution in [3.8, 4) is 0 Å². The number of fused-ring (bicyclic) bond motifs is 1. The summed E-state index contributed by atoms with van der Waals surface area (Å²) >= 11 is 0. The van der Waals surface area contributed by atoms with Crippen LogP contribution in [0.25, 0.3) is 11.0 Å². The van der Waals surface area contributed by atoms with Crippen molar-refractivity contribution in [2.45, 2.75) is 0 Å². The second kappa shape index (κ2) is 7.10. The number of hydrogen-bond donors (Lipinski definition) is 0. The number of carbonyl (C=O) groups is 2. The summed E-state index contributed by atoms with van der Waals surface area (Å²) in [6, 6.07) is 7.94. The second-order valence-electron chi connectivity index (χ2n) is 5.29. The standard InChI is InChI=1S/C19H15NO6/c1-24-18(22)14-5-3-4-10-20(17(14)19(23)25-2)13-7-8-15-12(11-13)6-9-16(21)26-15/h3-11H,1-2H3. The van der Waals surface area contributed by atoms with Crippen molar-refractivity contribution in [2.24, 2.45) is 0 Å². The molecule has 1 aromatic heterocycles. The molecular weight excluding hydrogens is 338 g/mol. The molecule has 2 heterocycles. The van der Waals surface area contributed by atoms with Gasteiger partial charge in [-0.15, -0.1) is 0 Å². The molecule has 0 bridgehead atoms. The van der Waals surface area contributed by atoms with Gasteiger partial charge in [0.1, 0.15) is 11.3 Å². The number of benzene rings is 1. The summed E-state index contributed by atoms with van der Waals surface area (Å²) in [5.74, 6) is -1.36. The van der Waals surface area contributed by atoms with Gasteiger partial charge in [0.15, 0.2) is 0 Å². The topological polar surface area (TPSA) is 86.1 Å². The van der Waals surface area contributed by atoms with Gasteiger partial charge in [-0.25, -0.2) is 14.4 Å². The van der Waals surface area contributed by atoms with Crippen LogP contribution in [0.3, 0.4) is 0 Å². The number of hydrogen-bond acceptors (Lipinski definition) is 7. The maximum atomic E-state index is 12.4. The van der Waals surface area contributed by atoms with Crippen molar-refractivity contribution >= 4 is 28.6 Å². The molecule has 2 aromatic rings. The number of ether oxygens (including phenoxy) is 2. The van der Waals surface area contributed by atoms with Gasteiger partial charge in [0.2, 0.25) is 0 Å².